The van der Waals surface area contributed by atoms with Gasteiger partial charge in [-0.1, -0.05) is 30.3 Å². The molecule has 0 spiro atoms. The van der Waals surface area contributed by atoms with Crippen LogP contribution in [0.2, 0.25) is 0 Å². The van der Waals surface area contributed by atoms with Crippen molar-refractivity contribution in [2.24, 2.45) is 0 Å². The highest BCUT2D eigenvalue weighted by atomic mass is 16.5. The molecule has 1 aromatic heterocycles. The number of amides is 1. The molecule has 1 aliphatic heterocycles. The third-order valence-corrected chi connectivity index (χ3v) is 6.34. The Balaban J connectivity index is 1.43. The lowest BCUT2D eigenvalue weighted by Gasteiger charge is -2.34. The smallest absolute Gasteiger partial charge is 0.259 e. The molecule has 1 saturated heterocycles. The lowest BCUT2D eigenvalue weighted by molar-refractivity contribution is 0.102. The van der Waals surface area contributed by atoms with Crippen molar-refractivity contribution in [2.75, 3.05) is 50.6 Å². The predicted octanol–water partition coefficient (Wildman–Crippen LogP) is 4.55. The maximum absolute atomic E-state index is 13.5. The van der Waals surface area contributed by atoms with E-state index in [0.717, 1.165) is 43.1 Å². The van der Waals surface area contributed by atoms with E-state index >= 15 is 0 Å². The predicted molar refractivity (Wildman–Crippen MR) is 140 cm³/mol. The minimum Gasteiger partial charge on any atom is -0.496 e. The Hall–Kier alpha value is -4.10. The molecule has 1 aliphatic rings. The maximum Gasteiger partial charge on any atom is 0.259 e. The number of methoxy groups -OCH3 is 1. The second-order valence-corrected chi connectivity index (χ2v) is 8.66. The first-order chi connectivity index (χ1) is 17.1. The van der Waals surface area contributed by atoms with Gasteiger partial charge in [-0.3, -0.25) is 4.79 Å². The van der Waals surface area contributed by atoms with E-state index in [1.165, 1.54) is 5.69 Å². The van der Waals surface area contributed by atoms with E-state index in [2.05, 4.69) is 34.3 Å². The molecule has 0 saturated carbocycles. The summed E-state index contributed by atoms with van der Waals surface area (Å²) < 4.78 is 7.29. The van der Waals surface area contributed by atoms with Crippen LogP contribution in [0, 0.1) is 0 Å². The topological polar surface area (TPSA) is 62.6 Å². The van der Waals surface area contributed by atoms with Crippen molar-refractivity contribution < 1.29 is 9.53 Å². The van der Waals surface area contributed by atoms with Crippen LogP contribution >= 0.6 is 0 Å². The van der Waals surface area contributed by atoms with Crippen molar-refractivity contribution in [3.63, 3.8) is 0 Å². The van der Waals surface area contributed by atoms with E-state index in [1.807, 2.05) is 66.7 Å². The standard InChI is InChI=1S/C28H29N5O2/c1-31-16-18-32(19-17-31)22-14-12-21(13-15-22)29-28(34)25-20-33(23-8-4-3-5-9-23)30-27(25)24-10-6-7-11-26(24)35-2/h3-15,20H,16-19H2,1-2H3,(H,29,34). The highest BCUT2D eigenvalue weighted by molar-refractivity contribution is 6.08. The van der Waals surface area contributed by atoms with Crippen LogP contribution in [-0.2, 0) is 0 Å². The van der Waals surface area contributed by atoms with Crippen LogP contribution in [0.5, 0.6) is 5.75 Å². The lowest BCUT2D eigenvalue weighted by atomic mass is 10.1. The number of carbonyl (C=O) groups is 1. The molecule has 0 radical (unpaired) electrons. The van der Waals surface area contributed by atoms with Crippen LogP contribution < -0.4 is 15.0 Å². The van der Waals surface area contributed by atoms with Gasteiger partial charge in [0.2, 0.25) is 0 Å². The first-order valence-electron chi connectivity index (χ1n) is 11.8. The number of nitrogens with zero attached hydrogens (tertiary/aromatic N) is 4. The zero-order chi connectivity index (χ0) is 24.2. The molecule has 178 valence electrons. The Morgan fingerprint density at radius 1 is 0.857 bits per heavy atom. The molecular formula is C28H29N5O2. The van der Waals surface area contributed by atoms with E-state index < -0.39 is 0 Å². The van der Waals surface area contributed by atoms with Gasteiger partial charge in [0.15, 0.2) is 0 Å². The Kier molecular flexibility index (Phi) is 6.50. The second-order valence-electron chi connectivity index (χ2n) is 8.66. The normalized spacial score (nSPS) is 14.1. The zero-order valence-corrected chi connectivity index (χ0v) is 20.0. The number of hydrogen-bond acceptors (Lipinski definition) is 5. The number of piperazine rings is 1. The average molecular weight is 468 g/mol. The van der Waals surface area contributed by atoms with Crippen molar-refractivity contribution in [3.05, 3.63) is 90.6 Å². The van der Waals surface area contributed by atoms with Crippen molar-refractivity contribution in [1.82, 2.24) is 14.7 Å². The number of aromatic nitrogens is 2. The summed E-state index contributed by atoms with van der Waals surface area (Å²) in [7, 11) is 3.77. The molecular weight excluding hydrogens is 438 g/mol. The summed E-state index contributed by atoms with van der Waals surface area (Å²) in [5.41, 5.74) is 4.59. The number of para-hydroxylation sites is 2. The van der Waals surface area contributed by atoms with Crippen molar-refractivity contribution in [3.8, 4) is 22.7 Å². The molecule has 2 heterocycles. The van der Waals surface area contributed by atoms with Gasteiger partial charge in [0, 0.05) is 49.3 Å². The molecule has 35 heavy (non-hydrogen) atoms. The summed E-state index contributed by atoms with van der Waals surface area (Å²) in [5, 5.41) is 7.82. The highest BCUT2D eigenvalue weighted by Gasteiger charge is 2.21. The Labute approximate surface area is 205 Å². The molecule has 7 nitrogen and oxygen atoms in total. The first-order valence-corrected chi connectivity index (χ1v) is 11.8. The van der Waals surface area contributed by atoms with Crippen LogP contribution in [0.3, 0.4) is 0 Å². The molecule has 0 unspecified atom stereocenters. The molecule has 1 amide bonds. The fraction of sp³-hybridized carbons (Fsp3) is 0.214. The second kappa shape index (κ2) is 10.0. The Morgan fingerprint density at radius 2 is 1.54 bits per heavy atom. The van der Waals surface area contributed by atoms with Gasteiger partial charge in [0.05, 0.1) is 18.4 Å². The zero-order valence-electron chi connectivity index (χ0n) is 20.0. The van der Waals surface area contributed by atoms with Gasteiger partial charge < -0.3 is 19.9 Å². The fourth-order valence-corrected chi connectivity index (χ4v) is 4.31. The molecule has 1 fully saturated rings. The first kappa shape index (κ1) is 22.7. The quantitative estimate of drug-likeness (QED) is 0.451. The van der Waals surface area contributed by atoms with Crippen LogP contribution in [0.25, 0.3) is 16.9 Å². The van der Waals surface area contributed by atoms with Gasteiger partial charge >= 0.3 is 0 Å². The largest absolute Gasteiger partial charge is 0.496 e. The van der Waals surface area contributed by atoms with Crippen molar-refractivity contribution in [2.45, 2.75) is 0 Å². The van der Waals surface area contributed by atoms with Gasteiger partial charge in [0.25, 0.3) is 5.91 Å². The average Bonchev–Trinajstić information content (AvgIpc) is 3.36. The summed E-state index contributed by atoms with van der Waals surface area (Å²) in [6.07, 6.45) is 1.77. The minimum atomic E-state index is -0.222. The Bertz CT molecular complexity index is 1290. The minimum absolute atomic E-state index is 0.222. The van der Waals surface area contributed by atoms with E-state index in [4.69, 9.17) is 9.84 Å². The molecule has 0 aliphatic carbocycles. The summed E-state index contributed by atoms with van der Waals surface area (Å²) >= 11 is 0. The summed E-state index contributed by atoms with van der Waals surface area (Å²) in [6, 6.07) is 25.4. The fourth-order valence-electron chi connectivity index (χ4n) is 4.31. The van der Waals surface area contributed by atoms with Gasteiger partial charge in [-0.05, 0) is 55.6 Å². The number of carbonyl (C=O) groups excluding carboxylic acids is 1. The van der Waals surface area contributed by atoms with Crippen molar-refractivity contribution >= 4 is 17.3 Å². The van der Waals surface area contributed by atoms with Crippen LogP contribution in [-0.4, -0.2) is 60.9 Å². The SMILES string of the molecule is COc1ccccc1-c1nn(-c2ccccc2)cc1C(=O)Nc1ccc(N2CCN(C)CC2)cc1. The van der Waals surface area contributed by atoms with Crippen LogP contribution in [0.1, 0.15) is 10.4 Å². The molecule has 5 rings (SSSR count). The van der Waals surface area contributed by atoms with Gasteiger partial charge in [-0.2, -0.15) is 5.10 Å². The number of ether oxygens (including phenoxy) is 1. The van der Waals surface area contributed by atoms with E-state index in [1.54, 1.807) is 18.0 Å². The van der Waals surface area contributed by atoms with E-state index in [9.17, 15) is 4.79 Å². The molecule has 0 atom stereocenters. The third kappa shape index (κ3) is 4.90. The summed E-state index contributed by atoms with van der Waals surface area (Å²) in [5.74, 6) is 0.442. The summed E-state index contributed by atoms with van der Waals surface area (Å²) in [6.45, 7) is 4.11. The Morgan fingerprint density at radius 3 is 2.26 bits per heavy atom. The molecule has 4 aromatic rings. The number of rotatable bonds is 6. The molecule has 1 N–H and O–H groups in total. The third-order valence-electron chi connectivity index (χ3n) is 6.34. The molecule has 3 aromatic carbocycles. The number of anilines is 2. The van der Waals surface area contributed by atoms with Crippen LogP contribution in [0.15, 0.2) is 85.1 Å². The molecule has 0 bridgehead atoms. The van der Waals surface area contributed by atoms with Gasteiger partial charge in [0.1, 0.15) is 11.4 Å². The summed E-state index contributed by atoms with van der Waals surface area (Å²) in [4.78, 5) is 18.2. The number of nitrogens with one attached hydrogen (secondary N) is 1. The highest BCUT2D eigenvalue weighted by Crippen LogP contribution is 2.32. The monoisotopic (exact) mass is 467 g/mol. The van der Waals surface area contributed by atoms with Gasteiger partial charge in [-0.25, -0.2) is 4.68 Å². The number of benzene rings is 3. The maximum atomic E-state index is 13.5. The number of hydrogen-bond donors (Lipinski definition) is 1. The lowest BCUT2D eigenvalue weighted by Crippen LogP contribution is -2.44. The number of likely N-dealkylation sites (N-methyl/N-ethyl adjacent to an activating group) is 1. The van der Waals surface area contributed by atoms with Crippen molar-refractivity contribution in [1.29, 1.82) is 0 Å². The van der Waals surface area contributed by atoms with Crippen LogP contribution in [0.4, 0.5) is 11.4 Å². The molecule has 7 heteroatoms. The van der Waals surface area contributed by atoms with Gasteiger partial charge in [-0.15, -0.1) is 0 Å². The van der Waals surface area contributed by atoms with E-state index in [-0.39, 0.29) is 5.91 Å². The van der Waals surface area contributed by atoms with E-state index in [0.29, 0.717) is 17.0 Å².